The summed E-state index contributed by atoms with van der Waals surface area (Å²) < 4.78 is 0. The van der Waals surface area contributed by atoms with Gasteiger partial charge >= 0.3 is 0 Å². The molecule has 2 heterocycles. The second-order valence-electron chi connectivity index (χ2n) is 11.6. The van der Waals surface area contributed by atoms with Crippen molar-refractivity contribution in [3.63, 3.8) is 0 Å². The van der Waals surface area contributed by atoms with Crippen molar-refractivity contribution in [2.75, 3.05) is 4.90 Å². The van der Waals surface area contributed by atoms with Crippen LogP contribution in [0.3, 0.4) is 0 Å². The van der Waals surface area contributed by atoms with E-state index < -0.39 is 5.41 Å². The summed E-state index contributed by atoms with van der Waals surface area (Å²) in [6, 6.07) is 41.4. The summed E-state index contributed by atoms with van der Waals surface area (Å²) in [6.07, 6.45) is 0. The van der Waals surface area contributed by atoms with Gasteiger partial charge in [-0.25, -0.2) is 9.97 Å². The molecule has 0 atom stereocenters. The lowest BCUT2D eigenvalue weighted by molar-refractivity contribution is 0.101. The van der Waals surface area contributed by atoms with Gasteiger partial charge in [0.25, 0.3) is 0 Å². The minimum absolute atomic E-state index is 0.0931. The molecule has 5 nitrogen and oxygen atoms in total. The molecule has 0 amide bonds. The summed E-state index contributed by atoms with van der Waals surface area (Å²) in [7, 11) is 0. The first kappa shape index (κ1) is 23.6. The molecule has 5 heteroatoms. The SMILES string of the molecule is O=C1C2=C(c3ccccc31)N(c1ccccc1)C1=C(C(=O)c3ccccc31)C21c2ccccc2-c2nc3ccccc3nc21. The van der Waals surface area contributed by atoms with Gasteiger partial charge in [0.15, 0.2) is 11.6 Å². The van der Waals surface area contributed by atoms with Gasteiger partial charge < -0.3 is 4.90 Å². The van der Waals surface area contributed by atoms with E-state index in [0.29, 0.717) is 33.7 Å². The van der Waals surface area contributed by atoms with Crippen LogP contribution in [0.2, 0.25) is 0 Å². The van der Waals surface area contributed by atoms with Crippen molar-refractivity contribution in [3.05, 3.63) is 172 Å². The molecule has 1 aromatic heterocycles. The average Bonchev–Trinajstić information content (AvgIpc) is 3.65. The fraction of sp³-hybridized carbons (Fsp3) is 0.0256. The maximum Gasteiger partial charge on any atom is 0.193 e. The highest BCUT2D eigenvalue weighted by molar-refractivity contribution is 6.35. The molecule has 3 aliphatic carbocycles. The molecule has 1 spiro atoms. The predicted octanol–water partition coefficient (Wildman–Crippen LogP) is 7.63. The van der Waals surface area contributed by atoms with Gasteiger partial charge in [0.2, 0.25) is 0 Å². The molecule has 5 aromatic carbocycles. The molecule has 0 saturated carbocycles. The Kier molecular flexibility index (Phi) is 4.35. The second-order valence-corrected chi connectivity index (χ2v) is 11.6. The molecule has 0 saturated heterocycles. The van der Waals surface area contributed by atoms with Crippen LogP contribution in [0.4, 0.5) is 5.69 Å². The number of anilines is 1. The summed E-state index contributed by atoms with van der Waals surface area (Å²) >= 11 is 0. The Morgan fingerprint density at radius 2 is 0.955 bits per heavy atom. The Bertz CT molecular complexity index is 2300. The van der Waals surface area contributed by atoms with Crippen LogP contribution in [-0.4, -0.2) is 21.5 Å². The highest BCUT2D eigenvalue weighted by atomic mass is 16.1. The number of Topliss-reactive ketones (excluding diaryl/α,β-unsaturated/α-hetero) is 2. The molecule has 0 radical (unpaired) electrons. The number of nitrogens with zero attached hydrogens (tertiary/aromatic N) is 3. The van der Waals surface area contributed by atoms with E-state index in [1.54, 1.807) is 0 Å². The van der Waals surface area contributed by atoms with Crippen LogP contribution in [0.15, 0.2) is 139 Å². The zero-order chi connectivity index (χ0) is 29.2. The molecule has 1 aliphatic heterocycles. The van der Waals surface area contributed by atoms with Gasteiger partial charge in [0.05, 0.1) is 33.8 Å². The van der Waals surface area contributed by atoms with E-state index in [2.05, 4.69) is 4.90 Å². The fourth-order valence-electron chi connectivity index (χ4n) is 7.86. The van der Waals surface area contributed by atoms with Gasteiger partial charge in [-0.2, -0.15) is 0 Å². The third-order valence-electron chi connectivity index (χ3n) is 9.50. The molecule has 0 N–H and O–H groups in total. The van der Waals surface area contributed by atoms with Crippen molar-refractivity contribution < 1.29 is 9.59 Å². The zero-order valence-corrected chi connectivity index (χ0v) is 23.3. The van der Waals surface area contributed by atoms with E-state index >= 15 is 0 Å². The Hall–Kier alpha value is -5.94. The fourth-order valence-corrected chi connectivity index (χ4v) is 7.86. The van der Waals surface area contributed by atoms with Crippen LogP contribution in [0.5, 0.6) is 0 Å². The zero-order valence-electron chi connectivity index (χ0n) is 23.3. The molecule has 0 unspecified atom stereocenters. The third kappa shape index (κ3) is 2.62. The van der Waals surface area contributed by atoms with Crippen LogP contribution in [0.1, 0.15) is 43.1 Å². The van der Waals surface area contributed by atoms with E-state index in [1.165, 1.54) is 0 Å². The third-order valence-corrected chi connectivity index (χ3v) is 9.50. The first-order valence-corrected chi connectivity index (χ1v) is 14.7. The number of hydrogen-bond donors (Lipinski definition) is 0. The number of carbonyl (C=O) groups is 2. The largest absolute Gasteiger partial charge is 0.308 e. The number of aromatic nitrogens is 2. The summed E-state index contributed by atoms with van der Waals surface area (Å²) in [5.74, 6) is -0.186. The topological polar surface area (TPSA) is 63.2 Å². The molecule has 0 bridgehead atoms. The Labute approximate surface area is 252 Å². The molecular weight excluding hydrogens is 542 g/mol. The van der Waals surface area contributed by atoms with Crippen molar-refractivity contribution in [3.8, 4) is 11.3 Å². The van der Waals surface area contributed by atoms with E-state index in [4.69, 9.17) is 9.97 Å². The first-order chi connectivity index (χ1) is 21.7. The van der Waals surface area contributed by atoms with Crippen molar-refractivity contribution in [1.82, 2.24) is 9.97 Å². The number of benzene rings is 5. The highest BCUT2D eigenvalue weighted by Crippen LogP contribution is 2.65. The lowest BCUT2D eigenvalue weighted by atomic mass is 9.64. The van der Waals surface area contributed by atoms with Crippen LogP contribution in [-0.2, 0) is 5.41 Å². The summed E-state index contributed by atoms with van der Waals surface area (Å²) in [5, 5.41) is 0. The van der Waals surface area contributed by atoms with E-state index in [1.807, 2.05) is 127 Å². The lowest BCUT2D eigenvalue weighted by Gasteiger charge is -2.42. The van der Waals surface area contributed by atoms with Crippen molar-refractivity contribution in [2.45, 2.75) is 5.41 Å². The van der Waals surface area contributed by atoms with E-state index in [-0.39, 0.29) is 11.6 Å². The van der Waals surface area contributed by atoms with Gasteiger partial charge in [0, 0.05) is 44.7 Å². The molecule has 4 aliphatic rings. The molecule has 204 valence electrons. The summed E-state index contributed by atoms with van der Waals surface area (Å²) in [4.78, 5) is 42.5. The standard InChI is InChI=1S/C39H21N3O2/c43-36-25-16-6-4-14-23(25)34-31(36)39(28-19-9-8-18-27(28)33-38(39)41-30-21-11-10-20-29(30)40-33)32-35(42(34)22-12-2-1-3-13-22)24-15-5-7-17-26(24)37(32)44/h1-21H. The van der Waals surface area contributed by atoms with Crippen LogP contribution in [0.25, 0.3) is 33.7 Å². The quantitative estimate of drug-likeness (QED) is 0.206. The van der Waals surface area contributed by atoms with Crippen LogP contribution in [0, 0.1) is 0 Å². The number of rotatable bonds is 1. The number of carbonyl (C=O) groups excluding carboxylic acids is 2. The van der Waals surface area contributed by atoms with Crippen LogP contribution >= 0.6 is 0 Å². The smallest absolute Gasteiger partial charge is 0.193 e. The Morgan fingerprint density at radius 1 is 0.477 bits per heavy atom. The van der Waals surface area contributed by atoms with Gasteiger partial charge in [-0.15, -0.1) is 0 Å². The number of para-hydroxylation sites is 3. The molecule has 44 heavy (non-hydrogen) atoms. The van der Waals surface area contributed by atoms with Gasteiger partial charge in [0.1, 0.15) is 5.41 Å². The summed E-state index contributed by atoms with van der Waals surface area (Å²) in [5.41, 5.74) is 9.83. The summed E-state index contributed by atoms with van der Waals surface area (Å²) in [6.45, 7) is 0. The van der Waals surface area contributed by atoms with Crippen molar-refractivity contribution in [2.24, 2.45) is 0 Å². The molecule has 6 aromatic rings. The van der Waals surface area contributed by atoms with Crippen LogP contribution < -0.4 is 4.90 Å². The minimum Gasteiger partial charge on any atom is -0.308 e. The maximum atomic E-state index is 15.0. The highest BCUT2D eigenvalue weighted by Gasteiger charge is 2.63. The van der Waals surface area contributed by atoms with E-state index in [0.717, 1.165) is 50.4 Å². The molecular formula is C39H21N3O2. The normalized spacial score (nSPS) is 16.7. The Balaban J connectivity index is 1.45. The first-order valence-electron chi connectivity index (χ1n) is 14.7. The number of allylic oxidation sites excluding steroid dienone is 2. The Morgan fingerprint density at radius 3 is 1.57 bits per heavy atom. The van der Waals surface area contributed by atoms with Gasteiger partial charge in [-0.3, -0.25) is 9.59 Å². The molecule has 10 rings (SSSR count). The monoisotopic (exact) mass is 563 g/mol. The van der Waals surface area contributed by atoms with Gasteiger partial charge in [-0.05, 0) is 29.8 Å². The predicted molar refractivity (Wildman–Crippen MR) is 170 cm³/mol. The second kappa shape index (κ2) is 8.12. The number of hydrogen-bond acceptors (Lipinski definition) is 5. The molecule has 0 fully saturated rings. The average molecular weight is 564 g/mol. The lowest BCUT2D eigenvalue weighted by Crippen LogP contribution is -2.42. The van der Waals surface area contributed by atoms with E-state index in [9.17, 15) is 9.59 Å². The van der Waals surface area contributed by atoms with Gasteiger partial charge in [-0.1, -0.05) is 103 Å². The van der Waals surface area contributed by atoms with Crippen molar-refractivity contribution >= 4 is 39.7 Å². The number of ketones is 2. The number of fused-ring (bicyclic) bond motifs is 12. The minimum atomic E-state index is -1.26. The maximum absolute atomic E-state index is 15.0. The van der Waals surface area contributed by atoms with Crippen molar-refractivity contribution in [1.29, 1.82) is 0 Å².